The normalized spacial score (nSPS) is 17.7. The minimum Gasteiger partial charge on any atom is -0.496 e. The molecule has 19 heavy (non-hydrogen) atoms. The average Bonchev–Trinajstić information content (AvgIpc) is 2.92. The van der Waals surface area contributed by atoms with Gasteiger partial charge in [-0.1, -0.05) is 0 Å². The van der Waals surface area contributed by atoms with Gasteiger partial charge < -0.3 is 9.84 Å². The molecular weight excluding hydrogens is 238 g/mol. The van der Waals surface area contributed by atoms with Crippen LogP contribution in [0.2, 0.25) is 0 Å². The Labute approximate surface area is 116 Å². The second-order valence-corrected chi connectivity index (χ2v) is 5.50. The van der Waals surface area contributed by atoms with E-state index in [4.69, 9.17) is 4.74 Å². The van der Waals surface area contributed by atoms with Gasteiger partial charge in [-0.25, -0.2) is 0 Å². The van der Waals surface area contributed by atoms with Gasteiger partial charge in [-0.3, -0.25) is 4.90 Å². The van der Waals surface area contributed by atoms with Crippen LogP contribution in [0.25, 0.3) is 0 Å². The molecule has 0 saturated carbocycles. The summed E-state index contributed by atoms with van der Waals surface area (Å²) in [6.07, 6.45) is 2.48. The molecule has 1 aliphatic rings. The van der Waals surface area contributed by atoms with Gasteiger partial charge in [0.05, 0.1) is 19.8 Å². The van der Waals surface area contributed by atoms with E-state index in [0.717, 1.165) is 18.8 Å². The number of ether oxygens (including phenoxy) is 1. The molecule has 1 saturated heterocycles. The Balaban J connectivity index is 2.45. The summed E-state index contributed by atoms with van der Waals surface area (Å²) in [5.41, 5.74) is 4.93. The standard InChI is InChI=1S/C16H25NO2/c1-11-9-15(19-4)12(2)13(3)16(11)14(10-18)17-7-5-6-8-17/h9,14,18H,5-8,10H2,1-4H3. The second kappa shape index (κ2) is 5.93. The molecule has 3 nitrogen and oxygen atoms in total. The van der Waals surface area contributed by atoms with Crippen LogP contribution >= 0.6 is 0 Å². The first-order valence-electron chi connectivity index (χ1n) is 7.09. The molecule has 1 unspecified atom stereocenters. The average molecular weight is 263 g/mol. The zero-order valence-electron chi connectivity index (χ0n) is 12.5. The number of aliphatic hydroxyl groups excluding tert-OH is 1. The third kappa shape index (κ3) is 2.63. The maximum absolute atomic E-state index is 9.83. The van der Waals surface area contributed by atoms with Crippen molar-refractivity contribution < 1.29 is 9.84 Å². The second-order valence-electron chi connectivity index (χ2n) is 5.50. The number of benzene rings is 1. The highest BCUT2D eigenvalue weighted by Crippen LogP contribution is 2.34. The van der Waals surface area contributed by atoms with Crippen LogP contribution in [0.4, 0.5) is 0 Å². The van der Waals surface area contributed by atoms with E-state index in [0.29, 0.717) is 0 Å². The predicted molar refractivity (Wildman–Crippen MR) is 77.8 cm³/mol. The summed E-state index contributed by atoms with van der Waals surface area (Å²) >= 11 is 0. The van der Waals surface area contributed by atoms with Gasteiger partial charge in [-0.2, -0.15) is 0 Å². The molecule has 1 atom stereocenters. The van der Waals surface area contributed by atoms with Crippen LogP contribution in [0.1, 0.15) is 41.1 Å². The minimum absolute atomic E-state index is 0.132. The SMILES string of the molecule is COc1cc(C)c(C(CO)N2CCCC2)c(C)c1C. The Morgan fingerprint density at radius 1 is 1.21 bits per heavy atom. The Kier molecular flexibility index (Phi) is 4.48. The van der Waals surface area contributed by atoms with E-state index in [9.17, 15) is 5.11 Å². The van der Waals surface area contributed by atoms with Gasteiger partial charge in [0.1, 0.15) is 5.75 Å². The van der Waals surface area contributed by atoms with E-state index >= 15 is 0 Å². The summed E-state index contributed by atoms with van der Waals surface area (Å²) in [6.45, 7) is 8.72. The first-order chi connectivity index (χ1) is 9.10. The van der Waals surface area contributed by atoms with E-state index in [1.807, 2.05) is 0 Å². The van der Waals surface area contributed by atoms with Crippen LogP contribution in [0.5, 0.6) is 5.75 Å². The zero-order chi connectivity index (χ0) is 14.0. The fourth-order valence-corrected chi connectivity index (χ4v) is 3.23. The third-order valence-electron chi connectivity index (χ3n) is 4.42. The molecule has 0 radical (unpaired) electrons. The summed E-state index contributed by atoms with van der Waals surface area (Å²) in [5.74, 6) is 0.942. The lowest BCUT2D eigenvalue weighted by atomic mass is 9.91. The Bertz CT molecular complexity index is 451. The van der Waals surface area contributed by atoms with Gasteiger partial charge >= 0.3 is 0 Å². The van der Waals surface area contributed by atoms with E-state index < -0.39 is 0 Å². The minimum atomic E-state index is 0.132. The lowest BCUT2D eigenvalue weighted by Gasteiger charge is -2.30. The number of aliphatic hydroxyl groups is 1. The van der Waals surface area contributed by atoms with Gasteiger partial charge in [0, 0.05) is 0 Å². The van der Waals surface area contributed by atoms with Crippen molar-refractivity contribution in [3.63, 3.8) is 0 Å². The fourth-order valence-electron chi connectivity index (χ4n) is 3.23. The van der Waals surface area contributed by atoms with Crippen molar-refractivity contribution in [1.29, 1.82) is 0 Å². The first-order valence-corrected chi connectivity index (χ1v) is 7.09. The molecule has 1 aromatic carbocycles. The molecular formula is C16H25NO2. The van der Waals surface area contributed by atoms with Gasteiger partial charge in [0.2, 0.25) is 0 Å². The number of aryl methyl sites for hydroxylation is 1. The highest BCUT2D eigenvalue weighted by atomic mass is 16.5. The molecule has 1 aromatic rings. The summed E-state index contributed by atoms with van der Waals surface area (Å²) in [5, 5.41) is 9.83. The molecule has 1 N–H and O–H groups in total. The van der Waals surface area contributed by atoms with Gasteiger partial charge in [-0.15, -0.1) is 0 Å². The number of methoxy groups -OCH3 is 1. The highest BCUT2D eigenvalue weighted by molar-refractivity contribution is 5.49. The van der Waals surface area contributed by atoms with Crippen molar-refractivity contribution in [2.75, 3.05) is 26.8 Å². The Hall–Kier alpha value is -1.06. The van der Waals surface area contributed by atoms with Crippen molar-refractivity contribution >= 4 is 0 Å². The molecule has 0 amide bonds. The number of hydrogen-bond donors (Lipinski definition) is 1. The molecule has 2 rings (SSSR count). The highest BCUT2D eigenvalue weighted by Gasteiger charge is 2.26. The number of rotatable bonds is 4. The van der Waals surface area contributed by atoms with Crippen molar-refractivity contribution in [2.45, 2.75) is 39.7 Å². The molecule has 106 valence electrons. The van der Waals surface area contributed by atoms with Gasteiger partial charge in [0.15, 0.2) is 0 Å². The first kappa shape index (κ1) is 14.4. The smallest absolute Gasteiger partial charge is 0.122 e. The molecule has 0 bridgehead atoms. The molecule has 1 heterocycles. The summed E-state index contributed by atoms with van der Waals surface area (Å²) in [6, 6.07) is 2.23. The van der Waals surface area contributed by atoms with E-state index in [2.05, 4.69) is 31.7 Å². The van der Waals surface area contributed by atoms with Crippen LogP contribution in [-0.4, -0.2) is 36.8 Å². The van der Waals surface area contributed by atoms with Gasteiger partial charge in [-0.05, 0) is 75.0 Å². The maximum Gasteiger partial charge on any atom is 0.122 e. The fraction of sp³-hybridized carbons (Fsp3) is 0.625. The third-order valence-corrected chi connectivity index (χ3v) is 4.42. The van der Waals surface area contributed by atoms with Crippen LogP contribution in [0.15, 0.2) is 6.07 Å². The van der Waals surface area contributed by atoms with Crippen LogP contribution in [0.3, 0.4) is 0 Å². The molecule has 1 aliphatic heterocycles. The molecule has 0 aliphatic carbocycles. The number of likely N-dealkylation sites (tertiary alicyclic amines) is 1. The summed E-state index contributed by atoms with van der Waals surface area (Å²) in [7, 11) is 1.71. The van der Waals surface area contributed by atoms with Gasteiger partial charge in [0.25, 0.3) is 0 Å². The zero-order valence-corrected chi connectivity index (χ0v) is 12.5. The number of nitrogens with zero attached hydrogens (tertiary/aromatic N) is 1. The summed E-state index contributed by atoms with van der Waals surface area (Å²) < 4.78 is 5.42. The lowest BCUT2D eigenvalue weighted by molar-refractivity contribution is 0.146. The van der Waals surface area contributed by atoms with E-state index in [-0.39, 0.29) is 12.6 Å². The van der Waals surface area contributed by atoms with Crippen molar-refractivity contribution in [2.24, 2.45) is 0 Å². The Morgan fingerprint density at radius 2 is 1.84 bits per heavy atom. The molecule has 1 fully saturated rings. The molecule has 0 spiro atoms. The van der Waals surface area contributed by atoms with Crippen molar-refractivity contribution in [3.05, 3.63) is 28.3 Å². The number of hydrogen-bond acceptors (Lipinski definition) is 3. The van der Waals surface area contributed by atoms with Crippen LogP contribution in [0, 0.1) is 20.8 Å². The van der Waals surface area contributed by atoms with Crippen molar-refractivity contribution in [3.8, 4) is 5.75 Å². The summed E-state index contributed by atoms with van der Waals surface area (Å²) in [4.78, 5) is 2.40. The van der Waals surface area contributed by atoms with Crippen LogP contribution in [-0.2, 0) is 0 Å². The Morgan fingerprint density at radius 3 is 2.37 bits per heavy atom. The monoisotopic (exact) mass is 263 g/mol. The molecule has 3 heteroatoms. The maximum atomic E-state index is 9.83. The topological polar surface area (TPSA) is 32.7 Å². The quantitative estimate of drug-likeness (QED) is 0.906. The van der Waals surface area contributed by atoms with Crippen molar-refractivity contribution in [1.82, 2.24) is 4.90 Å². The largest absolute Gasteiger partial charge is 0.496 e. The van der Waals surface area contributed by atoms with Crippen LogP contribution < -0.4 is 4.74 Å². The van der Waals surface area contributed by atoms with E-state index in [1.54, 1.807) is 7.11 Å². The molecule has 0 aromatic heterocycles. The predicted octanol–water partition coefficient (Wildman–Crippen LogP) is 2.75. The van der Waals surface area contributed by atoms with E-state index in [1.165, 1.54) is 35.1 Å². The lowest BCUT2D eigenvalue weighted by Crippen LogP contribution is -2.29.